The number of likely N-dealkylation sites (N-methyl/N-ethyl adjacent to an activating group) is 1. The van der Waals surface area contributed by atoms with Crippen LogP contribution in [0.3, 0.4) is 0 Å². The van der Waals surface area contributed by atoms with E-state index >= 15 is 0 Å². The molecule has 22 heavy (non-hydrogen) atoms. The topological polar surface area (TPSA) is 87.7 Å². The summed E-state index contributed by atoms with van der Waals surface area (Å²) in [7, 11) is 3.23. The average Bonchev–Trinajstić information content (AvgIpc) is 2.83. The molecular weight excluding hydrogens is 286 g/mol. The van der Waals surface area contributed by atoms with E-state index in [9.17, 15) is 9.90 Å². The first-order valence-electron chi connectivity index (χ1n) is 7.50. The number of rotatable bonds is 5. The minimum atomic E-state index is -0.731. The molecule has 2 rings (SSSR count). The van der Waals surface area contributed by atoms with E-state index < -0.39 is 12.2 Å². The van der Waals surface area contributed by atoms with Crippen molar-refractivity contribution in [2.45, 2.75) is 44.9 Å². The molecule has 0 spiro atoms. The maximum atomic E-state index is 12.4. The van der Waals surface area contributed by atoms with Crippen LogP contribution in [0.1, 0.15) is 23.4 Å². The van der Waals surface area contributed by atoms with Gasteiger partial charge < -0.3 is 19.5 Å². The first-order valence-corrected chi connectivity index (χ1v) is 7.50. The smallest absolute Gasteiger partial charge is 0.223 e. The molecule has 0 radical (unpaired) electrons. The van der Waals surface area contributed by atoms with E-state index in [1.165, 1.54) is 7.11 Å². The Morgan fingerprint density at radius 3 is 2.82 bits per heavy atom. The van der Waals surface area contributed by atoms with Gasteiger partial charge in [0.25, 0.3) is 0 Å². The van der Waals surface area contributed by atoms with E-state index in [1.807, 2.05) is 13.8 Å². The van der Waals surface area contributed by atoms with Crippen molar-refractivity contribution >= 4 is 5.91 Å². The number of aryl methyl sites for hydroxylation is 2. The standard InChI is InChI=1S/C15H25N3O4/c1-9-11(10(2)17-16-9)5-6-14(19)18(3)12-7-22-8-13(21-4)15(12)20/h12-13,15,20H,5-8H2,1-4H3,(H,16,17)/t12-,13-,15+/m1/s1. The van der Waals surface area contributed by atoms with Gasteiger partial charge in [0.2, 0.25) is 5.91 Å². The van der Waals surface area contributed by atoms with E-state index in [4.69, 9.17) is 9.47 Å². The Balaban J connectivity index is 1.94. The maximum absolute atomic E-state index is 12.4. The summed E-state index contributed by atoms with van der Waals surface area (Å²) in [6, 6.07) is -0.377. The normalized spacial score (nSPS) is 25.2. The van der Waals surface area contributed by atoms with E-state index in [1.54, 1.807) is 11.9 Å². The van der Waals surface area contributed by atoms with Crippen LogP contribution in [0, 0.1) is 13.8 Å². The van der Waals surface area contributed by atoms with Crippen molar-refractivity contribution in [3.63, 3.8) is 0 Å². The molecule has 1 aromatic rings. The third-order valence-electron chi connectivity index (χ3n) is 4.41. The highest BCUT2D eigenvalue weighted by Gasteiger charge is 2.36. The van der Waals surface area contributed by atoms with Crippen LogP contribution >= 0.6 is 0 Å². The molecular formula is C15H25N3O4. The highest BCUT2D eigenvalue weighted by molar-refractivity contribution is 5.76. The highest BCUT2D eigenvalue weighted by Crippen LogP contribution is 2.18. The molecule has 0 bridgehead atoms. The Kier molecular flexibility index (Phi) is 5.55. The van der Waals surface area contributed by atoms with Gasteiger partial charge in [-0.25, -0.2) is 0 Å². The molecule has 0 aliphatic carbocycles. The van der Waals surface area contributed by atoms with E-state index in [0.29, 0.717) is 26.1 Å². The summed E-state index contributed by atoms with van der Waals surface area (Å²) in [5.41, 5.74) is 3.00. The van der Waals surface area contributed by atoms with Gasteiger partial charge in [-0.2, -0.15) is 5.10 Å². The second-order valence-corrected chi connectivity index (χ2v) is 5.79. The van der Waals surface area contributed by atoms with Gasteiger partial charge in [0, 0.05) is 26.3 Å². The average molecular weight is 311 g/mol. The Hall–Kier alpha value is -1.44. The summed E-state index contributed by atoms with van der Waals surface area (Å²) in [4.78, 5) is 14.0. The SMILES string of the molecule is CO[C@@H]1COC[C@@H](N(C)C(=O)CCc2c(C)n[nH]c2C)[C@@H]1O. The summed E-state index contributed by atoms with van der Waals surface area (Å²) in [6.45, 7) is 4.55. The van der Waals surface area contributed by atoms with Gasteiger partial charge in [-0.15, -0.1) is 0 Å². The van der Waals surface area contributed by atoms with Crippen LogP contribution in [0.15, 0.2) is 0 Å². The number of hydrogen-bond donors (Lipinski definition) is 2. The lowest BCUT2D eigenvalue weighted by molar-refractivity contribution is -0.158. The Labute approximate surface area is 130 Å². The van der Waals surface area contributed by atoms with E-state index in [2.05, 4.69) is 10.2 Å². The van der Waals surface area contributed by atoms with Crippen molar-refractivity contribution in [1.29, 1.82) is 0 Å². The van der Waals surface area contributed by atoms with Crippen LogP contribution < -0.4 is 0 Å². The monoisotopic (exact) mass is 311 g/mol. The molecule has 1 fully saturated rings. The van der Waals surface area contributed by atoms with E-state index in [0.717, 1.165) is 17.0 Å². The number of carbonyl (C=O) groups is 1. The molecule has 7 nitrogen and oxygen atoms in total. The van der Waals surface area contributed by atoms with Gasteiger partial charge in [-0.05, 0) is 25.8 Å². The molecule has 1 aliphatic rings. The maximum Gasteiger partial charge on any atom is 0.223 e. The molecule has 1 aromatic heterocycles. The van der Waals surface area contributed by atoms with Gasteiger partial charge in [-0.3, -0.25) is 9.89 Å². The molecule has 7 heteroatoms. The number of aromatic amines is 1. The number of amides is 1. The summed E-state index contributed by atoms with van der Waals surface area (Å²) in [5, 5.41) is 17.3. The number of aromatic nitrogens is 2. The van der Waals surface area contributed by atoms with Gasteiger partial charge >= 0.3 is 0 Å². The Morgan fingerprint density at radius 1 is 1.50 bits per heavy atom. The first kappa shape index (κ1) is 16.9. The minimum absolute atomic E-state index is 0.0237. The van der Waals surface area contributed by atoms with Crippen molar-refractivity contribution in [2.24, 2.45) is 0 Å². The lowest BCUT2D eigenvalue weighted by Crippen LogP contribution is -2.56. The predicted octanol–water partition coefficient (Wildman–Crippen LogP) is 0.192. The van der Waals surface area contributed by atoms with Gasteiger partial charge in [-0.1, -0.05) is 0 Å². The third kappa shape index (κ3) is 3.48. The molecule has 124 valence electrons. The van der Waals surface area contributed by atoms with Gasteiger partial charge in [0.15, 0.2) is 0 Å². The van der Waals surface area contributed by atoms with Crippen LogP contribution in [0.25, 0.3) is 0 Å². The number of carbonyl (C=O) groups excluding carboxylic acids is 1. The quantitative estimate of drug-likeness (QED) is 0.810. The predicted molar refractivity (Wildman–Crippen MR) is 80.6 cm³/mol. The first-order chi connectivity index (χ1) is 10.5. The summed E-state index contributed by atoms with van der Waals surface area (Å²) in [6.07, 6.45) is -0.120. The molecule has 0 aromatic carbocycles. The number of ether oxygens (including phenoxy) is 2. The van der Waals surface area contributed by atoms with E-state index in [-0.39, 0.29) is 11.9 Å². The fourth-order valence-corrected chi connectivity index (χ4v) is 2.83. The van der Waals surface area contributed by atoms with Gasteiger partial charge in [0.1, 0.15) is 12.2 Å². The molecule has 2 N–H and O–H groups in total. The highest BCUT2D eigenvalue weighted by atomic mass is 16.5. The fourth-order valence-electron chi connectivity index (χ4n) is 2.83. The Morgan fingerprint density at radius 2 is 2.23 bits per heavy atom. The third-order valence-corrected chi connectivity index (χ3v) is 4.41. The summed E-state index contributed by atoms with van der Waals surface area (Å²) in [5.74, 6) is -0.0237. The molecule has 1 amide bonds. The number of aliphatic hydroxyl groups is 1. The number of hydrogen-bond acceptors (Lipinski definition) is 5. The van der Waals surface area contributed by atoms with Crippen LogP contribution in [0.2, 0.25) is 0 Å². The van der Waals surface area contributed by atoms with Crippen LogP contribution in [-0.4, -0.2) is 71.7 Å². The fraction of sp³-hybridized carbons (Fsp3) is 0.733. The van der Waals surface area contributed by atoms with Crippen molar-refractivity contribution < 1.29 is 19.4 Å². The number of nitrogens with zero attached hydrogens (tertiary/aromatic N) is 2. The van der Waals surface area contributed by atoms with Crippen LogP contribution in [-0.2, 0) is 20.7 Å². The van der Waals surface area contributed by atoms with Crippen molar-refractivity contribution in [1.82, 2.24) is 15.1 Å². The second-order valence-electron chi connectivity index (χ2n) is 5.79. The Bertz CT molecular complexity index is 497. The minimum Gasteiger partial charge on any atom is -0.388 e. The van der Waals surface area contributed by atoms with Crippen molar-refractivity contribution in [2.75, 3.05) is 27.4 Å². The second kappa shape index (κ2) is 7.21. The summed E-state index contributed by atoms with van der Waals surface area (Å²) < 4.78 is 10.6. The van der Waals surface area contributed by atoms with Crippen molar-refractivity contribution in [3.8, 4) is 0 Å². The van der Waals surface area contributed by atoms with Gasteiger partial charge in [0.05, 0.1) is 24.9 Å². The largest absolute Gasteiger partial charge is 0.388 e. The lowest BCUT2D eigenvalue weighted by Gasteiger charge is -2.38. The lowest BCUT2D eigenvalue weighted by atomic mass is 10.0. The van der Waals surface area contributed by atoms with Crippen LogP contribution in [0.4, 0.5) is 0 Å². The van der Waals surface area contributed by atoms with Crippen LogP contribution in [0.5, 0.6) is 0 Å². The number of H-pyrrole nitrogens is 1. The zero-order valence-electron chi connectivity index (χ0n) is 13.6. The molecule has 0 unspecified atom stereocenters. The number of aliphatic hydroxyl groups excluding tert-OH is 1. The number of methoxy groups -OCH3 is 1. The zero-order chi connectivity index (χ0) is 16.3. The molecule has 1 saturated heterocycles. The number of nitrogens with one attached hydrogen (secondary N) is 1. The van der Waals surface area contributed by atoms with Crippen molar-refractivity contribution in [3.05, 3.63) is 17.0 Å². The zero-order valence-corrected chi connectivity index (χ0v) is 13.6. The molecule has 1 aliphatic heterocycles. The summed E-state index contributed by atoms with van der Waals surface area (Å²) >= 11 is 0. The molecule has 0 saturated carbocycles. The molecule has 2 heterocycles. The molecule has 3 atom stereocenters.